The molecular weight excluding hydrogens is 384 g/mol. The monoisotopic (exact) mass is 406 g/mol. The van der Waals surface area contributed by atoms with Crippen LogP contribution < -0.4 is 15.2 Å². The first-order chi connectivity index (χ1) is 13.3. The van der Waals surface area contributed by atoms with Gasteiger partial charge in [0, 0.05) is 18.8 Å². The van der Waals surface area contributed by atoms with Crippen LogP contribution in [-0.2, 0) is 14.8 Å². The third-order valence-corrected chi connectivity index (χ3v) is 6.10. The maximum Gasteiger partial charge on any atom is 0.255 e. The van der Waals surface area contributed by atoms with E-state index >= 15 is 0 Å². The van der Waals surface area contributed by atoms with Gasteiger partial charge in [-0.05, 0) is 44.0 Å². The van der Waals surface area contributed by atoms with E-state index in [0.29, 0.717) is 30.4 Å². The molecule has 0 spiro atoms. The maximum atomic E-state index is 12.9. The van der Waals surface area contributed by atoms with E-state index in [-0.39, 0.29) is 24.2 Å². The molecule has 1 amide bonds. The largest absolute Gasteiger partial charge is 0.484 e. The summed E-state index contributed by atoms with van der Waals surface area (Å²) in [6.07, 6.45) is 2.76. The van der Waals surface area contributed by atoms with Crippen molar-refractivity contribution in [1.82, 2.24) is 14.3 Å². The van der Waals surface area contributed by atoms with Crippen LogP contribution in [0.1, 0.15) is 18.7 Å². The number of piperidine rings is 1. The van der Waals surface area contributed by atoms with E-state index in [9.17, 15) is 13.2 Å². The molecule has 0 bridgehead atoms. The first-order valence-corrected chi connectivity index (χ1v) is 10.3. The van der Waals surface area contributed by atoms with Crippen LogP contribution >= 0.6 is 0 Å². The standard InChI is InChI=1S/C18H22N4O5S/c1-13-20-9-8-18(21-13)27-15-3-2-10-22(11-15)28(24,25)16-6-4-14(5-7-16)26-12-17(19)23/h4-9,15H,2-3,10-12H2,1H3,(H2,19,23). The Hall–Kier alpha value is -2.72. The van der Waals surface area contributed by atoms with Crippen molar-refractivity contribution in [2.24, 2.45) is 5.73 Å². The molecule has 1 aromatic heterocycles. The molecule has 2 aromatic rings. The third-order valence-electron chi connectivity index (χ3n) is 4.22. The van der Waals surface area contributed by atoms with Gasteiger partial charge in [0.1, 0.15) is 17.7 Å². The van der Waals surface area contributed by atoms with Gasteiger partial charge < -0.3 is 15.2 Å². The summed E-state index contributed by atoms with van der Waals surface area (Å²) in [5.41, 5.74) is 5.03. The minimum absolute atomic E-state index is 0.150. The number of hydrogen-bond acceptors (Lipinski definition) is 7. The Morgan fingerprint density at radius 3 is 2.71 bits per heavy atom. The lowest BCUT2D eigenvalue weighted by atomic mass is 10.1. The topological polar surface area (TPSA) is 125 Å². The smallest absolute Gasteiger partial charge is 0.255 e. The fraction of sp³-hybridized carbons (Fsp3) is 0.389. The minimum atomic E-state index is -3.67. The van der Waals surface area contributed by atoms with Crippen molar-refractivity contribution in [3.63, 3.8) is 0 Å². The molecule has 9 nitrogen and oxygen atoms in total. The molecule has 0 radical (unpaired) electrons. The van der Waals surface area contributed by atoms with Crippen LogP contribution in [0.15, 0.2) is 41.4 Å². The van der Waals surface area contributed by atoms with Crippen LogP contribution in [0.3, 0.4) is 0 Å². The number of carbonyl (C=O) groups excluding carboxylic acids is 1. The third kappa shape index (κ3) is 4.96. The number of primary amides is 1. The van der Waals surface area contributed by atoms with E-state index in [4.69, 9.17) is 15.2 Å². The number of aromatic nitrogens is 2. The number of benzene rings is 1. The van der Waals surface area contributed by atoms with Crippen LogP contribution in [0.2, 0.25) is 0 Å². The lowest BCUT2D eigenvalue weighted by molar-refractivity contribution is -0.119. The Bertz CT molecular complexity index is 933. The summed E-state index contributed by atoms with van der Waals surface area (Å²) in [7, 11) is -3.67. The molecule has 1 aliphatic rings. The van der Waals surface area contributed by atoms with Crippen molar-refractivity contribution in [2.45, 2.75) is 30.8 Å². The summed E-state index contributed by atoms with van der Waals surface area (Å²) < 4.78 is 38.3. The fourth-order valence-corrected chi connectivity index (χ4v) is 4.41. The second-order valence-electron chi connectivity index (χ2n) is 6.41. The van der Waals surface area contributed by atoms with Crippen molar-refractivity contribution in [3.05, 3.63) is 42.4 Å². The minimum Gasteiger partial charge on any atom is -0.484 e. The molecule has 1 unspecified atom stereocenters. The molecule has 2 heterocycles. The Labute approximate surface area is 163 Å². The predicted octanol–water partition coefficient (Wildman–Crippen LogP) is 0.881. The Kier molecular flexibility index (Phi) is 6.10. The number of ether oxygens (including phenoxy) is 2. The highest BCUT2D eigenvalue weighted by Crippen LogP contribution is 2.24. The normalized spacial score (nSPS) is 17.8. The maximum absolute atomic E-state index is 12.9. The van der Waals surface area contributed by atoms with Crippen LogP contribution in [0.25, 0.3) is 0 Å². The van der Waals surface area contributed by atoms with E-state index in [1.807, 2.05) is 0 Å². The molecule has 1 aromatic carbocycles. The van der Waals surface area contributed by atoms with E-state index in [2.05, 4.69) is 9.97 Å². The number of sulfonamides is 1. The van der Waals surface area contributed by atoms with Gasteiger partial charge in [-0.15, -0.1) is 0 Å². The molecule has 1 fully saturated rings. The zero-order valence-electron chi connectivity index (χ0n) is 15.4. The summed E-state index contributed by atoms with van der Waals surface area (Å²) in [5.74, 6) is 0.802. The molecule has 0 saturated carbocycles. The highest BCUT2D eigenvalue weighted by Gasteiger charge is 2.31. The second-order valence-corrected chi connectivity index (χ2v) is 8.35. The summed E-state index contributed by atoms with van der Waals surface area (Å²) in [5, 5.41) is 0. The van der Waals surface area contributed by atoms with Crippen LogP contribution in [-0.4, -0.2) is 54.4 Å². The Morgan fingerprint density at radius 1 is 1.29 bits per heavy atom. The molecule has 2 N–H and O–H groups in total. The molecule has 3 rings (SSSR count). The lowest BCUT2D eigenvalue weighted by Crippen LogP contribution is -2.44. The number of nitrogens with two attached hydrogens (primary N) is 1. The molecule has 1 saturated heterocycles. The van der Waals surface area contributed by atoms with E-state index in [1.165, 1.54) is 28.6 Å². The number of amides is 1. The fourth-order valence-electron chi connectivity index (χ4n) is 2.90. The van der Waals surface area contributed by atoms with Gasteiger partial charge in [0.15, 0.2) is 6.61 Å². The van der Waals surface area contributed by atoms with Crippen molar-refractivity contribution < 1.29 is 22.7 Å². The van der Waals surface area contributed by atoms with Crippen molar-refractivity contribution in [3.8, 4) is 11.6 Å². The summed E-state index contributed by atoms with van der Waals surface area (Å²) in [6.45, 7) is 2.16. The van der Waals surface area contributed by atoms with Crippen molar-refractivity contribution >= 4 is 15.9 Å². The molecule has 0 aliphatic carbocycles. The molecular formula is C18H22N4O5S. The van der Waals surface area contributed by atoms with Gasteiger partial charge in [-0.25, -0.2) is 13.4 Å². The molecule has 10 heteroatoms. The van der Waals surface area contributed by atoms with Crippen molar-refractivity contribution in [1.29, 1.82) is 0 Å². The lowest BCUT2D eigenvalue weighted by Gasteiger charge is -2.31. The van der Waals surface area contributed by atoms with Gasteiger partial charge in [-0.2, -0.15) is 9.29 Å². The number of hydrogen-bond donors (Lipinski definition) is 1. The molecule has 1 aliphatic heterocycles. The first-order valence-electron chi connectivity index (χ1n) is 8.82. The highest BCUT2D eigenvalue weighted by atomic mass is 32.2. The van der Waals surface area contributed by atoms with Crippen molar-refractivity contribution in [2.75, 3.05) is 19.7 Å². The number of rotatable bonds is 7. The van der Waals surface area contributed by atoms with Gasteiger partial charge >= 0.3 is 0 Å². The number of nitrogens with zero attached hydrogens (tertiary/aromatic N) is 3. The van der Waals surface area contributed by atoms with E-state index < -0.39 is 15.9 Å². The highest BCUT2D eigenvalue weighted by molar-refractivity contribution is 7.89. The summed E-state index contributed by atoms with van der Waals surface area (Å²) in [6, 6.07) is 7.55. The average molecular weight is 406 g/mol. The Balaban J connectivity index is 1.68. The first kappa shape index (κ1) is 20.0. The quantitative estimate of drug-likeness (QED) is 0.723. The van der Waals surface area contributed by atoms with Crippen LogP contribution in [0.4, 0.5) is 0 Å². The van der Waals surface area contributed by atoms with Gasteiger partial charge in [0.25, 0.3) is 5.91 Å². The molecule has 28 heavy (non-hydrogen) atoms. The zero-order chi connectivity index (χ0) is 20.1. The second kappa shape index (κ2) is 8.53. The van der Waals surface area contributed by atoms with Crippen LogP contribution in [0.5, 0.6) is 11.6 Å². The van der Waals surface area contributed by atoms with E-state index in [1.54, 1.807) is 19.2 Å². The Morgan fingerprint density at radius 2 is 2.04 bits per heavy atom. The number of carbonyl (C=O) groups is 1. The summed E-state index contributed by atoms with van der Waals surface area (Å²) in [4.78, 5) is 19.1. The SMILES string of the molecule is Cc1nccc(OC2CCCN(S(=O)(=O)c3ccc(OCC(N)=O)cc3)C2)n1. The van der Waals surface area contributed by atoms with Crippen LogP contribution in [0, 0.1) is 6.92 Å². The molecule has 1 atom stereocenters. The zero-order valence-corrected chi connectivity index (χ0v) is 16.3. The van der Waals surface area contributed by atoms with E-state index in [0.717, 1.165) is 6.42 Å². The average Bonchev–Trinajstić information content (AvgIpc) is 2.67. The molecule has 150 valence electrons. The van der Waals surface area contributed by atoms with Gasteiger partial charge in [0.2, 0.25) is 15.9 Å². The predicted molar refractivity (Wildman–Crippen MR) is 100 cm³/mol. The number of aryl methyl sites for hydroxylation is 1. The van der Waals surface area contributed by atoms with Gasteiger partial charge in [0.05, 0.1) is 11.4 Å². The van der Waals surface area contributed by atoms with Gasteiger partial charge in [-0.1, -0.05) is 0 Å². The summed E-state index contributed by atoms with van der Waals surface area (Å²) >= 11 is 0. The van der Waals surface area contributed by atoms with Gasteiger partial charge in [-0.3, -0.25) is 4.79 Å².